The van der Waals surface area contributed by atoms with Gasteiger partial charge in [0.15, 0.2) is 0 Å². The van der Waals surface area contributed by atoms with Gasteiger partial charge in [0.05, 0.1) is 12.6 Å². The smallest absolute Gasteiger partial charge is 0.146 e. The maximum Gasteiger partial charge on any atom is 0.146 e. The minimum Gasteiger partial charge on any atom is -0.378 e. The highest BCUT2D eigenvalue weighted by Crippen LogP contribution is 2.55. The molecule has 0 aromatic carbocycles. The quantitative estimate of drug-likeness (QED) is 0.802. The van der Waals surface area contributed by atoms with Gasteiger partial charge in [-0.3, -0.25) is 4.90 Å². The molecule has 24 heavy (non-hydrogen) atoms. The Labute approximate surface area is 145 Å². The molecule has 1 spiro atoms. The summed E-state index contributed by atoms with van der Waals surface area (Å²) in [7, 11) is 4.41. The Hall–Kier alpha value is -0.940. The van der Waals surface area contributed by atoms with Crippen molar-refractivity contribution in [3.63, 3.8) is 0 Å². The number of aromatic nitrogens is 3. The third-order valence-electron chi connectivity index (χ3n) is 6.76. The molecule has 3 aliphatic rings. The van der Waals surface area contributed by atoms with Crippen molar-refractivity contribution in [3.05, 3.63) is 11.6 Å². The van der Waals surface area contributed by atoms with Gasteiger partial charge in [-0.15, -0.1) is 10.2 Å². The molecular weight excluding hydrogens is 300 g/mol. The van der Waals surface area contributed by atoms with E-state index in [-0.39, 0.29) is 0 Å². The fourth-order valence-electron chi connectivity index (χ4n) is 5.19. The number of nitrogens with zero attached hydrogens (tertiary/aromatic N) is 4. The molecule has 0 N–H and O–H groups in total. The van der Waals surface area contributed by atoms with E-state index in [0.717, 1.165) is 19.0 Å². The normalized spacial score (nSPS) is 29.2. The predicted molar refractivity (Wildman–Crippen MR) is 93.8 cm³/mol. The van der Waals surface area contributed by atoms with Crippen LogP contribution in [0.3, 0.4) is 0 Å². The van der Waals surface area contributed by atoms with Gasteiger partial charge in [-0.25, -0.2) is 0 Å². The topological polar surface area (TPSA) is 43.2 Å². The zero-order valence-electron chi connectivity index (χ0n) is 15.5. The minimum atomic E-state index is 0.390. The van der Waals surface area contributed by atoms with E-state index in [2.05, 4.69) is 40.7 Å². The molecule has 5 heteroatoms. The molecule has 0 unspecified atom stereocenters. The van der Waals surface area contributed by atoms with Crippen LogP contribution < -0.4 is 0 Å². The first-order valence-corrected chi connectivity index (χ1v) is 9.85. The molecule has 0 bridgehead atoms. The Morgan fingerprint density at radius 1 is 1.21 bits per heavy atom. The Balaban J connectivity index is 1.46. The largest absolute Gasteiger partial charge is 0.378 e. The molecule has 134 valence electrons. The third-order valence-corrected chi connectivity index (χ3v) is 6.76. The fourth-order valence-corrected chi connectivity index (χ4v) is 5.19. The summed E-state index contributed by atoms with van der Waals surface area (Å²) in [5, 5.41) is 8.93. The molecule has 3 fully saturated rings. The van der Waals surface area contributed by atoms with Crippen LogP contribution in [0.1, 0.15) is 75.9 Å². The summed E-state index contributed by atoms with van der Waals surface area (Å²) < 4.78 is 8.35. The first kappa shape index (κ1) is 16.5. The summed E-state index contributed by atoms with van der Waals surface area (Å²) in [6, 6.07) is 0.635. The zero-order chi connectivity index (χ0) is 16.7. The lowest BCUT2D eigenvalue weighted by molar-refractivity contribution is -0.180. The summed E-state index contributed by atoms with van der Waals surface area (Å²) in [6.45, 7) is 3.88. The first-order valence-electron chi connectivity index (χ1n) is 9.85. The predicted octanol–water partition coefficient (Wildman–Crippen LogP) is 3.25. The molecule has 1 heterocycles. The van der Waals surface area contributed by atoms with Crippen LogP contribution in [0.5, 0.6) is 0 Å². The number of rotatable bonds is 6. The van der Waals surface area contributed by atoms with Crippen molar-refractivity contribution in [2.24, 2.45) is 12.5 Å². The molecule has 0 radical (unpaired) electrons. The van der Waals surface area contributed by atoms with Gasteiger partial charge in [-0.1, -0.05) is 19.3 Å². The highest BCUT2D eigenvalue weighted by Gasteiger charge is 2.56. The molecule has 0 aliphatic heterocycles. The van der Waals surface area contributed by atoms with Gasteiger partial charge in [0.1, 0.15) is 11.6 Å². The summed E-state index contributed by atoms with van der Waals surface area (Å²) in [6.07, 6.45) is 11.0. The fraction of sp³-hybridized carbons (Fsp3) is 0.895. The summed E-state index contributed by atoms with van der Waals surface area (Å²) in [5.41, 5.74) is 0.390. The van der Waals surface area contributed by atoms with Gasteiger partial charge in [0.25, 0.3) is 0 Å². The van der Waals surface area contributed by atoms with E-state index in [1.54, 1.807) is 0 Å². The van der Waals surface area contributed by atoms with Crippen molar-refractivity contribution >= 4 is 0 Å². The second-order valence-electron chi connectivity index (χ2n) is 8.21. The van der Waals surface area contributed by atoms with Crippen LogP contribution in [0.2, 0.25) is 0 Å². The van der Waals surface area contributed by atoms with Crippen molar-refractivity contribution in [2.75, 3.05) is 13.7 Å². The highest BCUT2D eigenvalue weighted by atomic mass is 16.5. The van der Waals surface area contributed by atoms with Crippen molar-refractivity contribution in [1.29, 1.82) is 0 Å². The number of hydrogen-bond acceptors (Lipinski definition) is 4. The third kappa shape index (κ3) is 2.70. The van der Waals surface area contributed by atoms with Crippen LogP contribution in [0.15, 0.2) is 0 Å². The summed E-state index contributed by atoms with van der Waals surface area (Å²) in [5.74, 6) is 2.97. The SMILES string of the molecule is CCO[C@H]1C[C@@H](N(C)Cc2nnc(C3CC3)n2C)C12CCCCC2. The Bertz CT molecular complexity index is 574. The van der Waals surface area contributed by atoms with E-state index >= 15 is 0 Å². The van der Waals surface area contributed by atoms with Gasteiger partial charge >= 0.3 is 0 Å². The molecule has 1 aromatic rings. The lowest BCUT2D eigenvalue weighted by atomic mass is 9.54. The molecule has 0 amide bonds. The highest BCUT2D eigenvalue weighted by molar-refractivity contribution is 5.11. The Kier molecular flexibility index (Phi) is 4.42. The van der Waals surface area contributed by atoms with E-state index in [1.165, 1.54) is 57.2 Å². The maximum absolute atomic E-state index is 6.11. The van der Waals surface area contributed by atoms with Crippen LogP contribution in [0.25, 0.3) is 0 Å². The molecule has 3 saturated carbocycles. The number of ether oxygens (including phenoxy) is 1. The maximum atomic E-state index is 6.11. The average Bonchev–Trinajstić information content (AvgIpc) is 3.37. The Morgan fingerprint density at radius 2 is 1.96 bits per heavy atom. The molecule has 2 atom stereocenters. The summed E-state index contributed by atoms with van der Waals surface area (Å²) >= 11 is 0. The van der Waals surface area contributed by atoms with E-state index in [1.807, 2.05) is 0 Å². The monoisotopic (exact) mass is 332 g/mol. The van der Waals surface area contributed by atoms with E-state index in [0.29, 0.717) is 23.5 Å². The average molecular weight is 332 g/mol. The number of hydrogen-bond donors (Lipinski definition) is 0. The second kappa shape index (κ2) is 6.41. The van der Waals surface area contributed by atoms with Crippen LogP contribution >= 0.6 is 0 Å². The van der Waals surface area contributed by atoms with Crippen LogP contribution in [-0.4, -0.2) is 45.5 Å². The molecular formula is C19H32N4O. The lowest BCUT2D eigenvalue weighted by Gasteiger charge is -2.60. The first-order chi connectivity index (χ1) is 11.7. The van der Waals surface area contributed by atoms with Crippen molar-refractivity contribution in [1.82, 2.24) is 19.7 Å². The molecule has 5 nitrogen and oxygen atoms in total. The lowest BCUT2D eigenvalue weighted by Crippen LogP contribution is -2.64. The van der Waals surface area contributed by atoms with Gasteiger partial charge in [-0.05, 0) is 46.1 Å². The molecule has 4 rings (SSSR count). The Morgan fingerprint density at radius 3 is 2.62 bits per heavy atom. The minimum absolute atomic E-state index is 0.390. The molecule has 0 saturated heterocycles. The molecule has 3 aliphatic carbocycles. The van der Waals surface area contributed by atoms with Gasteiger partial charge in [0.2, 0.25) is 0 Å². The van der Waals surface area contributed by atoms with Crippen molar-refractivity contribution in [2.45, 2.75) is 82.9 Å². The molecule has 1 aromatic heterocycles. The van der Waals surface area contributed by atoms with Gasteiger partial charge < -0.3 is 9.30 Å². The van der Waals surface area contributed by atoms with Crippen LogP contribution in [0, 0.1) is 5.41 Å². The zero-order valence-corrected chi connectivity index (χ0v) is 15.5. The second-order valence-corrected chi connectivity index (χ2v) is 8.21. The van der Waals surface area contributed by atoms with Crippen molar-refractivity contribution in [3.8, 4) is 0 Å². The summed E-state index contributed by atoms with van der Waals surface area (Å²) in [4.78, 5) is 2.53. The van der Waals surface area contributed by atoms with E-state index < -0.39 is 0 Å². The van der Waals surface area contributed by atoms with Crippen molar-refractivity contribution < 1.29 is 4.74 Å². The van der Waals surface area contributed by atoms with E-state index in [9.17, 15) is 0 Å². The van der Waals surface area contributed by atoms with Crippen LogP contribution in [-0.2, 0) is 18.3 Å². The standard InChI is InChI=1S/C19H32N4O/c1-4-24-16-12-15(19(16)10-6-5-7-11-19)22(2)13-17-20-21-18(23(17)3)14-8-9-14/h14-16H,4-13H2,1-3H3/t15-,16+/m1/s1. The van der Waals surface area contributed by atoms with E-state index in [4.69, 9.17) is 4.74 Å². The van der Waals surface area contributed by atoms with Gasteiger partial charge in [0, 0.05) is 31.0 Å². The van der Waals surface area contributed by atoms with Gasteiger partial charge in [-0.2, -0.15) is 0 Å². The van der Waals surface area contributed by atoms with Crippen LogP contribution in [0.4, 0.5) is 0 Å².